The van der Waals surface area contributed by atoms with E-state index >= 15 is 4.79 Å². The zero-order valence-electron chi connectivity index (χ0n) is 65.0. The smallest absolute Gasteiger partial charge is 0.459 e. The van der Waals surface area contributed by atoms with Crippen molar-refractivity contribution in [1.82, 2.24) is 46.2 Å². The van der Waals surface area contributed by atoms with E-state index < -0.39 is 222 Å². The number of carbonyl (C=O) groups is 17. The number of likely N-dealkylation sites (tertiary alicyclic amines) is 1. The average Bonchev–Trinajstić information content (AvgIpc) is 1.46. The summed E-state index contributed by atoms with van der Waals surface area (Å²) in [6, 6.07) is 3.78. The molecule has 0 saturated carbocycles. The Hall–Kier alpha value is -10.7. The van der Waals surface area contributed by atoms with Crippen molar-refractivity contribution in [2.24, 2.45) is 41.2 Å². The lowest BCUT2D eigenvalue weighted by molar-refractivity contribution is -0.175. The highest BCUT2D eigenvalue weighted by Crippen LogP contribution is 2.29. The molecule has 2 saturated heterocycles. The Morgan fingerprint density at radius 3 is 1.91 bits per heavy atom. The lowest BCUT2D eigenvalue weighted by Crippen LogP contribution is -2.63. The fourth-order valence-electron chi connectivity index (χ4n) is 12.1. The molecule has 600 valence electrons. The van der Waals surface area contributed by atoms with Gasteiger partial charge in [0, 0.05) is 97.9 Å². The van der Waals surface area contributed by atoms with Crippen LogP contribution in [-0.4, -0.2) is 228 Å². The zero-order valence-corrected chi connectivity index (χ0v) is 65.0. The van der Waals surface area contributed by atoms with Crippen molar-refractivity contribution in [1.29, 1.82) is 0 Å². The first-order chi connectivity index (χ1) is 51.0. The molecule has 0 aromatic heterocycles. The number of benzene rings is 2. The van der Waals surface area contributed by atoms with E-state index in [0.717, 1.165) is 47.5 Å². The summed E-state index contributed by atoms with van der Waals surface area (Å²) >= 11 is 0. The number of anilines is 1. The Balaban J connectivity index is 1.65. The normalized spacial score (nSPS) is 22.0. The van der Waals surface area contributed by atoms with Crippen LogP contribution >= 0.6 is 0 Å². The highest BCUT2D eigenvalue weighted by molar-refractivity contribution is 6.04. The molecule has 2 aromatic rings. The molecule has 2 fully saturated rings. The lowest BCUT2D eigenvalue weighted by atomic mass is 9.88. The maximum absolute atomic E-state index is 15.5. The van der Waals surface area contributed by atoms with Gasteiger partial charge < -0.3 is 80.8 Å². The van der Waals surface area contributed by atoms with Crippen molar-refractivity contribution in [2.75, 3.05) is 46.7 Å². The third kappa shape index (κ3) is 26.6. The summed E-state index contributed by atoms with van der Waals surface area (Å²) in [5.41, 5.74) is 5.82. The second-order valence-corrected chi connectivity index (χ2v) is 28.5. The van der Waals surface area contributed by atoms with E-state index in [1.54, 1.807) is 65.0 Å². The molecular weight excluding hydrogens is 1420 g/mol. The van der Waals surface area contributed by atoms with Crippen molar-refractivity contribution in [2.45, 2.75) is 208 Å². The quantitative estimate of drug-likeness (QED) is 0.0194. The number of carbonyl (C=O) groups excluding carboxylic acids is 17. The molecule has 8 N–H and O–H groups in total. The number of rotatable bonds is 30. The topological polar surface area (TPSA) is 457 Å². The zero-order chi connectivity index (χ0) is 82.2. The number of imide groups is 1. The second kappa shape index (κ2) is 42.2. The summed E-state index contributed by atoms with van der Waals surface area (Å²) in [7, 11) is 4.70. The van der Waals surface area contributed by atoms with Gasteiger partial charge in [-0.3, -0.25) is 67.2 Å². The van der Waals surface area contributed by atoms with Crippen LogP contribution in [0.15, 0.2) is 66.9 Å². The fourth-order valence-corrected chi connectivity index (χ4v) is 12.1. The van der Waals surface area contributed by atoms with Gasteiger partial charge in [0.25, 0.3) is 11.8 Å². The first-order valence-electron chi connectivity index (χ1n) is 36.0. The minimum Gasteiger partial charge on any atom is -0.459 e. The van der Waals surface area contributed by atoms with Crippen LogP contribution < -0.4 is 37.6 Å². The average molecular weight is 1530 g/mol. The van der Waals surface area contributed by atoms with Gasteiger partial charge in [-0.1, -0.05) is 97.5 Å². The maximum Gasteiger partial charge on any atom is 0.508 e. The third-order valence-electron chi connectivity index (χ3n) is 18.7. The van der Waals surface area contributed by atoms with E-state index in [9.17, 15) is 76.7 Å². The van der Waals surface area contributed by atoms with Crippen molar-refractivity contribution in [3.05, 3.63) is 78.0 Å². The van der Waals surface area contributed by atoms with Crippen LogP contribution in [0.25, 0.3) is 0 Å². The minimum absolute atomic E-state index is 0.0332. The number of ketones is 2. The van der Waals surface area contributed by atoms with Gasteiger partial charge in [0.1, 0.15) is 60.4 Å². The molecule has 109 heavy (non-hydrogen) atoms. The summed E-state index contributed by atoms with van der Waals surface area (Å²) < 4.78 is 34.8. The molecule has 2 aromatic carbocycles. The molecule has 2 aliphatic rings. The number of nitrogens with one attached hydrogen (secondary N) is 6. The van der Waals surface area contributed by atoms with Crippen LogP contribution in [0, 0.1) is 35.5 Å². The van der Waals surface area contributed by atoms with E-state index in [2.05, 4.69) is 38.5 Å². The van der Waals surface area contributed by atoms with Gasteiger partial charge in [-0.2, -0.15) is 0 Å². The number of nitrogens with two attached hydrogens (primary N) is 1. The van der Waals surface area contributed by atoms with Crippen LogP contribution in [0.1, 0.15) is 140 Å². The predicted octanol–water partition coefficient (Wildman–Crippen LogP) is 2.69. The molecular formula is C75H107N11O23. The van der Waals surface area contributed by atoms with Gasteiger partial charge >= 0.3 is 30.1 Å². The summed E-state index contributed by atoms with van der Waals surface area (Å²) in [4.78, 5) is 237. The van der Waals surface area contributed by atoms with E-state index in [-0.39, 0.29) is 57.3 Å². The number of primary amides is 1. The highest BCUT2D eigenvalue weighted by Gasteiger charge is 2.47. The Morgan fingerprint density at radius 1 is 0.725 bits per heavy atom. The Labute approximate surface area is 634 Å². The number of nitrogens with zero attached hydrogens (tertiary/aromatic N) is 4. The molecule has 4 rings (SSSR count). The maximum atomic E-state index is 15.5. The predicted molar refractivity (Wildman–Crippen MR) is 390 cm³/mol. The van der Waals surface area contributed by atoms with Gasteiger partial charge in [0.15, 0.2) is 24.0 Å². The van der Waals surface area contributed by atoms with Crippen LogP contribution in [0.2, 0.25) is 0 Å². The molecule has 0 radical (unpaired) electrons. The van der Waals surface area contributed by atoms with Crippen LogP contribution in [0.5, 0.6) is 0 Å². The summed E-state index contributed by atoms with van der Waals surface area (Å²) in [6.07, 6.45) is -10.3. The second-order valence-electron chi connectivity index (χ2n) is 28.5. The Morgan fingerprint density at radius 2 is 1.36 bits per heavy atom. The summed E-state index contributed by atoms with van der Waals surface area (Å²) in [5, 5.41) is 15.3. The molecule has 34 nitrogen and oxygen atoms in total. The lowest BCUT2D eigenvalue weighted by Gasteiger charge is -2.38. The van der Waals surface area contributed by atoms with Crippen molar-refractivity contribution in [3.63, 3.8) is 0 Å². The molecule has 0 spiro atoms. The molecule has 2 aliphatic heterocycles. The number of Topliss-reactive ketones (excluding diaryl/α,β-unsaturated/α-hetero) is 2. The number of esters is 3. The molecule has 34 heteroatoms. The number of amides is 12. The van der Waals surface area contributed by atoms with Gasteiger partial charge in [-0.15, -0.1) is 0 Å². The largest absolute Gasteiger partial charge is 0.508 e. The minimum atomic E-state index is -2.00. The van der Waals surface area contributed by atoms with E-state index in [1.165, 1.54) is 80.0 Å². The number of urea groups is 1. The summed E-state index contributed by atoms with van der Waals surface area (Å²) in [5.74, 6) is -18.0. The Kier molecular flexibility index (Phi) is 35.1. The van der Waals surface area contributed by atoms with Gasteiger partial charge in [0.2, 0.25) is 47.3 Å². The number of ether oxygens (including phenoxy) is 6. The molecule has 0 aliphatic carbocycles. The number of likely N-dealkylation sites (N-methyl/N-ethyl adjacent to an activating group) is 3. The SMILES string of the molecule is C=C1C(=O)N[C@@H](C)C(=O)N(C)[C@@H](C)C(=O)N[C@@H]([C@H](OC(=O)[C@@H](CC(C)=O)[C@H](OC(=O)OCc2ccc(NC(=O)[C@H](CCCNC(N)=O)CC(=O)[C@@H](NC(=O)CCN3C(=O)CC(C)C3=O)C(C)C)cc2)C(C)C)C(C)C)C(=O)N(C)[C@@H]([C@@H](C)OC)C(=O)O[C@H](C)[C@H](NC(C)=O)C(=O)O[C@H](Cc2ccccc2)C(=O)N1C. The molecule has 14 atom stereocenters. The third-order valence-corrected chi connectivity index (χ3v) is 18.7. The van der Waals surface area contributed by atoms with E-state index in [1.807, 2.05) is 0 Å². The monoisotopic (exact) mass is 1530 g/mol. The van der Waals surface area contributed by atoms with Crippen molar-refractivity contribution < 1.29 is 110 Å². The van der Waals surface area contributed by atoms with Crippen molar-refractivity contribution >= 4 is 106 Å². The van der Waals surface area contributed by atoms with E-state index in [4.69, 9.17) is 34.2 Å². The first kappa shape index (κ1) is 90.7. The molecule has 2 heterocycles. The van der Waals surface area contributed by atoms with Crippen LogP contribution in [-0.2, 0) is 113 Å². The molecule has 12 amide bonds. The van der Waals surface area contributed by atoms with Gasteiger partial charge in [-0.05, 0) is 88.5 Å². The van der Waals surface area contributed by atoms with Gasteiger partial charge in [-0.25, -0.2) is 19.2 Å². The number of methoxy groups -OCH3 is 1. The van der Waals surface area contributed by atoms with E-state index in [0.29, 0.717) is 11.1 Å². The number of hydrogen-bond acceptors (Lipinski definition) is 23. The number of hydrogen-bond donors (Lipinski definition) is 7. The van der Waals surface area contributed by atoms with Crippen molar-refractivity contribution in [3.8, 4) is 0 Å². The van der Waals surface area contributed by atoms with Gasteiger partial charge in [0.05, 0.1) is 12.1 Å². The molecule has 0 bridgehead atoms. The standard InChI is InChI=1S/C75H107N11O23/c1-38(2)58(81-56(90)30-32-86-57(91)33-41(7)67(86)95)54(89)36-51(25-22-31-77-74(76)102)66(94)80-52-28-26-50(27-29-52)37-105-75(103)109-62(39(3)4)53(34-42(8)87)71(99)108-63(40(5)6)60-70(98)85(17)61(47(13)104-18)73(101)106-46(12)59(79-48(14)88)72(100)107-55(35-49-23-20-19-21-24-49)69(97)84(16)44(10)64(92)78-43(9)68(96)83(15)45(11)65(93)82-60/h19-21,23-24,26-29,38-41,43,45-47,51,53,55,58-63H,10,22,25,30-37H2,1-9,11-18H3,(H,78,92)(H,79,88)(H,80,94)(H,81,90)(H,82,93)(H3,76,77,102)/t41?,43-,45-,46+,47+,51+,53-,55+,58-,59-,60-,61-,62+,63+/m0/s1. The van der Waals surface area contributed by atoms with Crippen LogP contribution in [0.3, 0.4) is 0 Å². The number of cyclic esters (lactones) is 2. The fraction of sp³-hybridized carbons (Fsp3) is 0.587. The summed E-state index contributed by atoms with van der Waals surface area (Å²) in [6.45, 7) is 21.7. The first-order valence-corrected chi connectivity index (χ1v) is 36.0. The highest BCUT2D eigenvalue weighted by atomic mass is 16.7. The van der Waals surface area contributed by atoms with Crippen LogP contribution in [0.4, 0.5) is 15.3 Å². The Bertz CT molecular complexity index is 3660. The molecule has 1 unspecified atom stereocenters.